The quantitative estimate of drug-likeness (QED) is 0.654. The van der Waals surface area contributed by atoms with Crippen molar-refractivity contribution >= 4 is 11.3 Å². The van der Waals surface area contributed by atoms with Crippen molar-refractivity contribution in [2.45, 2.75) is 26.7 Å². The molecule has 1 aliphatic rings. The molecule has 1 aromatic carbocycles. The van der Waals surface area contributed by atoms with E-state index in [1.165, 1.54) is 35.2 Å². The Morgan fingerprint density at radius 1 is 1.36 bits per heavy atom. The fourth-order valence-corrected chi connectivity index (χ4v) is 2.01. The van der Waals surface area contributed by atoms with E-state index in [2.05, 4.69) is 43.4 Å². The van der Waals surface area contributed by atoms with E-state index in [9.17, 15) is 0 Å². The minimum Gasteiger partial charge on any atom is -0.385 e. The summed E-state index contributed by atoms with van der Waals surface area (Å²) in [5.41, 5.74) is 5.51. The molecular weight excluding hydrogens is 170 g/mol. The standard InChI is InChI=1S/C13H17N/c1-3-11-5-4-8-14-13-7-6-10(2)9-12(11)13/h3,6-7,9,14H,4-5,8H2,1-2H3. The third-order valence-electron chi connectivity index (χ3n) is 2.81. The number of benzene rings is 1. The maximum Gasteiger partial charge on any atom is 0.0416 e. The largest absolute Gasteiger partial charge is 0.385 e. The Morgan fingerprint density at radius 3 is 3.00 bits per heavy atom. The molecule has 0 aromatic heterocycles. The van der Waals surface area contributed by atoms with Crippen LogP contribution in [0.4, 0.5) is 5.69 Å². The Morgan fingerprint density at radius 2 is 2.21 bits per heavy atom. The van der Waals surface area contributed by atoms with Crippen LogP contribution in [0.15, 0.2) is 24.3 Å². The zero-order chi connectivity index (χ0) is 9.97. The summed E-state index contributed by atoms with van der Waals surface area (Å²) < 4.78 is 0. The van der Waals surface area contributed by atoms with Crippen LogP contribution in [-0.2, 0) is 0 Å². The van der Waals surface area contributed by atoms with E-state index < -0.39 is 0 Å². The van der Waals surface area contributed by atoms with E-state index in [0.29, 0.717) is 0 Å². The molecule has 0 bridgehead atoms. The van der Waals surface area contributed by atoms with Crippen LogP contribution in [0.2, 0.25) is 0 Å². The SMILES string of the molecule is CC=C1CCCNc2ccc(C)cc21. The Balaban J connectivity index is 2.51. The molecule has 1 heteroatoms. The highest BCUT2D eigenvalue weighted by Crippen LogP contribution is 2.30. The molecule has 1 heterocycles. The minimum absolute atomic E-state index is 1.09. The van der Waals surface area contributed by atoms with Crippen LogP contribution in [0.25, 0.3) is 5.57 Å². The van der Waals surface area contributed by atoms with Gasteiger partial charge in [-0.3, -0.25) is 0 Å². The lowest BCUT2D eigenvalue weighted by atomic mass is 9.99. The third kappa shape index (κ3) is 1.67. The second-order valence-corrected chi connectivity index (χ2v) is 3.89. The Bertz CT molecular complexity index is 363. The van der Waals surface area contributed by atoms with Gasteiger partial charge in [-0.05, 0) is 44.4 Å². The minimum atomic E-state index is 1.09. The number of fused-ring (bicyclic) bond motifs is 1. The first-order valence-electron chi connectivity index (χ1n) is 5.31. The van der Waals surface area contributed by atoms with Crippen molar-refractivity contribution < 1.29 is 0 Å². The van der Waals surface area contributed by atoms with Crippen LogP contribution < -0.4 is 5.32 Å². The second-order valence-electron chi connectivity index (χ2n) is 3.89. The van der Waals surface area contributed by atoms with Gasteiger partial charge in [-0.15, -0.1) is 0 Å². The first-order valence-corrected chi connectivity index (χ1v) is 5.31. The van der Waals surface area contributed by atoms with Gasteiger partial charge in [0.25, 0.3) is 0 Å². The first-order chi connectivity index (χ1) is 6.81. The molecule has 0 radical (unpaired) electrons. The summed E-state index contributed by atoms with van der Waals surface area (Å²) >= 11 is 0. The average molecular weight is 187 g/mol. The van der Waals surface area contributed by atoms with Crippen LogP contribution >= 0.6 is 0 Å². The van der Waals surface area contributed by atoms with Crippen LogP contribution in [0, 0.1) is 6.92 Å². The summed E-state index contributed by atoms with van der Waals surface area (Å²) in [6.45, 7) is 5.37. The zero-order valence-electron chi connectivity index (χ0n) is 8.93. The van der Waals surface area contributed by atoms with E-state index in [1.807, 2.05) is 0 Å². The molecule has 0 atom stereocenters. The summed E-state index contributed by atoms with van der Waals surface area (Å²) in [6, 6.07) is 6.65. The van der Waals surface area contributed by atoms with Crippen LogP contribution in [-0.4, -0.2) is 6.54 Å². The average Bonchev–Trinajstić information content (AvgIpc) is 2.39. The molecule has 0 unspecified atom stereocenters. The van der Waals surface area contributed by atoms with Crippen LogP contribution in [0.1, 0.15) is 30.9 Å². The van der Waals surface area contributed by atoms with Gasteiger partial charge in [0.2, 0.25) is 0 Å². The van der Waals surface area contributed by atoms with Crippen molar-refractivity contribution in [1.29, 1.82) is 0 Å². The van der Waals surface area contributed by atoms with Gasteiger partial charge in [-0.25, -0.2) is 0 Å². The second kappa shape index (κ2) is 3.87. The number of anilines is 1. The molecule has 74 valence electrons. The van der Waals surface area contributed by atoms with Crippen molar-refractivity contribution in [1.82, 2.24) is 0 Å². The van der Waals surface area contributed by atoms with Gasteiger partial charge < -0.3 is 5.32 Å². The normalized spacial score (nSPS) is 18.6. The lowest BCUT2D eigenvalue weighted by Crippen LogP contribution is -1.99. The van der Waals surface area contributed by atoms with Crippen LogP contribution in [0.3, 0.4) is 0 Å². The van der Waals surface area contributed by atoms with Crippen molar-refractivity contribution in [3.8, 4) is 0 Å². The molecule has 0 saturated heterocycles. The maximum atomic E-state index is 3.48. The van der Waals surface area contributed by atoms with E-state index in [1.54, 1.807) is 0 Å². The highest BCUT2D eigenvalue weighted by molar-refractivity contribution is 5.77. The highest BCUT2D eigenvalue weighted by atomic mass is 14.9. The molecule has 14 heavy (non-hydrogen) atoms. The molecular formula is C13H17N. The van der Waals surface area contributed by atoms with E-state index >= 15 is 0 Å². The molecule has 0 spiro atoms. The number of rotatable bonds is 0. The number of hydrogen-bond acceptors (Lipinski definition) is 1. The lowest BCUT2D eigenvalue weighted by molar-refractivity contribution is 0.915. The molecule has 0 aliphatic carbocycles. The van der Waals surface area contributed by atoms with Crippen molar-refractivity contribution in [2.75, 3.05) is 11.9 Å². The van der Waals surface area contributed by atoms with Crippen molar-refractivity contribution in [2.24, 2.45) is 0 Å². The molecule has 1 aromatic rings. The third-order valence-corrected chi connectivity index (χ3v) is 2.81. The number of aryl methyl sites for hydroxylation is 1. The van der Waals surface area contributed by atoms with E-state index in [4.69, 9.17) is 0 Å². The van der Waals surface area contributed by atoms with Gasteiger partial charge in [0, 0.05) is 17.8 Å². The molecule has 0 amide bonds. The maximum absolute atomic E-state index is 3.48. The lowest BCUT2D eigenvalue weighted by Gasteiger charge is -2.09. The highest BCUT2D eigenvalue weighted by Gasteiger charge is 2.10. The zero-order valence-corrected chi connectivity index (χ0v) is 8.93. The molecule has 1 nitrogen and oxygen atoms in total. The molecule has 2 rings (SSSR count). The van der Waals surface area contributed by atoms with Gasteiger partial charge in [0.1, 0.15) is 0 Å². The Hall–Kier alpha value is -1.24. The predicted octanol–water partition coefficient (Wildman–Crippen LogP) is 3.60. The number of nitrogens with one attached hydrogen (secondary N) is 1. The topological polar surface area (TPSA) is 12.0 Å². The van der Waals surface area contributed by atoms with Gasteiger partial charge in [-0.2, -0.15) is 0 Å². The van der Waals surface area contributed by atoms with Gasteiger partial charge in [-0.1, -0.05) is 17.7 Å². The monoisotopic (exact) mass is 187 g/mol. The van der Waals surface area contributed by atoms with Crippen LogP contribution in [0.5, 0.6) is 0 Å². The summed E-state index contributed by atoms with van der Waals surface area (Å²) in [4.78, 5) is 0. The van der Waals surface area contributed by atoms with E-state index in [-0.39, 0.29) is 0 Å². The predicted molar refractivity (Wildman–Crippen MR) is 62.6 cm³/mol. The molecule has 0 fully saturated rings. The Labute approximate surface area is 85.8 Å². The van der Waals surface area contributed by atoms with Crippen molar-refractivity contribution in [3.63, 3.8) is 0 Å². The number of hydrogen-bond donors (Lipinski definition) is 1. The summed E-state index contributed by atoms with van der Waals surface area (Å²) in [5.74, 6) is 0. The smallest absolute Gasteiger partial charge is 0.0416 e. The fraction of sp³-hybridized carbons (Fsp3) is 0.385. The fourth-order valence-electron chi connectivity index (χ4n) is 2.01. The van der Waals surface area contributed by atoms with E-state index in [0.717, 1.165) is 6.54 Å². The molecule has 0 saturated carbocycles. The molecule has 1 N–H and O–H groups in total. The molecule has 1 aliphatic heterocycles. The van der Waals surface area contributed by atoms with Gasteiger partial charge in [0.15, 0.2) is 0 Å². The summed E-state index contributed by atoms with van der Waals surface area (Å²) in [6.07, 6.45) is 4.67. The van der Waals surface area contributed by atoms with Gasteiger partial charge >= 0.3 is 0 Å². The summed E-state index contributed by atoms with van der Waals surface area (Å²) in [7, 11) is 0. The van der Waals surface area contributed by atoms with Gasteiger partial charge in [0.05, 0.1) is 0 Å². The summed E-state index contributed by atoms with van der Waals surface area (Å²) in [5, 5.41) is 3.48. The van der Waals surface area contributed by atoms with Crippen molar-refractivity contribution in [3.05, 3.63) is 35.4 Å². The first kappa shape index (κ1) is 9.32. The number of allylic oxidation sites excluding steroid dienone is 2. The Kier molecular flexibility index (Phi) is 2.58.